The molecule has 0 aliphatic rings. The van der Waals surface area contributed by atoms with Gasteiger partial charge in [-0.15, -0.1) is 0 Å². The normalized spacial score (nSPS) is 12.1. The van der Waals surface area contributed by atoms with Crippen molar-refractivity contribution >= 4 is 50.3 Å². The number of unbranched alkanes of at least 4 members (excludes halogenated alkanes) is 8. The van der Waals surface area contributed by atoms with Crippen LogP contribution in [-0.4, -0.2) is 50.3 Å². The van der Waals surface area contributed by atoms with Gasteiger partial charge in [0.25, 0.3) is 0 Å². The van der Waals surface area contributed by atoms with Crippen LogP contribution in [0.1, 0.15) is 90.9 Å². The first-order valence-corrected chi connectivity index (χ1v) is 26.8. The fourth-order valence-electron chi connectivity index (χ4n) is 3.03. The molecule has 0 aromatic heterocycles. The first-order chi connectivity index (χ1) is 12.6. The monoisotopic (exact) mass is 602 g/mol. The van der Waals surface area contributed by atoms with E-state index in [1.54, 1.807) is 0 Å². The van der Waals surface area contributed by atoms with Crippen LogP contribution in [0.25, 0.3) is 0 Å². The van der Waals surface area contributed by atoms with Gasteiger partial charge in [0.15, 0.2) is 0 Å². The molecule has 0 saturated heterocycles. The minimum atomic E-state index is -3.43. The van der Waals surface area contributed by atoms with Crippen LogP contribution in [-0.2, 0) is 17.1 Å². The molecule has 27 heavy (non-hydrogen) atoms. The van der Waals surface area contributed by atoms with Crippen molar-refractivity contribution in [2.75, 3.05) is 0 Å². The van der Waals surface area contributed by atoms with Crippen molar-refractivity contribution in [1.29, 1.82) is 0 Å². The van der Waals surface area contributed by atoms with Gasteiger partial charge in [-0.05, 0) is 0 Å². The molecular weight excluding hydrogens is 558 g/mol. The van der Waals surface area contributed by atoms with E-state index in [0.717, 1.165) is 25.7 Å². The van der Waals surface area contributed by atoms with Gasteiger partial charge in [0, 0.05) is 0 Å². The molecule has 0 aliphatic carbocycles. The molecule has 160 valence electrons. The van der Waals surface area contributed by atoms with E-state index in [-0.39, 0.29) is 11.9 Å². The third-order valence-corrected chi connectivity index (χ3v) is 29.9. The van der Waals surface area contributed by atoms with E-state index in [0.29, 0.717) is 12.8 Å². The number of carbonyl (C=O) groups excluding carboxylic acids is 2. The molecule has 5 nitrogen and oxygen atoms in total. The van der Waals surface area contributed by atoms with Crippen molar-refractivity contribution < 1.29 is 17.1 Å². The first-order valence-electron chi connectivity index (χ1n) is 10.8. The molecule has 0 atom stereocenters. The molecule has 0 heterocycles. The van der Waals surface area contributed by atoms with Gasteiger partial charge in [-0.3, -0.25) is 0 Å². The summed E-state index contributed by atoms with van der Waals surface area (Å²) in [4.78, 5) is 31.9. The molecule has 0 spiro atoms. The Morgan fingerprint density at radius 1 is 0.593 bits per heavy atom. The van der Waals surface area contributed by atoms with Gasteiger partial charge in [-0.25, -0.2) is 0 Å². The van der Waals surface area contributed by atoms with Gasteiger partial charge in [-0.1, -0.05) is 0 Å². The number of carbonyl (C=O) groups is 2. The Balaban J connectivity index is 4.18. The zero-order chi connectivity index (χ0) is 20.8. The van der Waals surface area contributed by atoms with Crippen molar-refractivity contribution in [3.8, 4) is 0 Å². The Morgan fingerprint density at radius 2 is 0.926 bits per heavy atom. The summed E-state index contributed by atoms with van der Waals surface area (Å²) in [5.41, 5.74) is 0. The van der Waals surface area contributed by atoms with Gasteiger partial charge in [0.1, 0.15) is 0 Å². The maximum absolute atomic E-state index is 12.1. The Hall–Kier alpha value is 0.497. The predicted molar refractivity (Wildman–Crippen MR) is 115 cm³/mol. The molecule has 0 amide bonds. The molecule has 0 saturated carbocycles. The topological polar surface area (TPSA) is 61.8 Å². The fourth-order valence-corrected chi connectivity index (χ4v) is 34.6. The first kappa shape index (κ1) is 27.5. The fraction of sp³-hybridized carbons (Fsp3) is 0.900. The minimum absolute atomic E-state index is 0.156. The quantitative estimate of drug-likeness (QED) is 0.156. The average molecular weight is 600 g/mol. The van der Waals surface area contributed by atoms with Crippen LogP contribution in [0.5, 0.6) is 0 Å². The van der Waals surface area contributed by atoms with Crippen LogP contribution < -0.4 is 0 Å². The van der Waals surface area contributed by atoms with Gasteiger partial charge in [0.2, 0.25) is 0 Å². The molecule has 0 aromatic carbocycles. The van der Waals surface area contributed by atoms with Crippen LogP contribution in [0.3, 0.4) is 0 Å². The maximum atomic E-state index is 12.1. The zero-order valence-electron chi connectivity index (χ0n) is 18.5. The summed E-state index contributed by atoms with van der Waals surface area (Å²) in [6.45, 7) is 4.35. The molecule has 0 fully saturated rings. The summed E-state index contributed by atoms with van der Waals surface area (Å²) < 4.78 is 17.6. The van der Waals surface area contributed by atoms with Crippen molar-refractivity contribution in [1.82, 2.24) is 0 Å². The van der Waals surface area contributed by atoms with Gasteiger partial charge in [-0.2, -0.15) is 0 Å². The van der Waals surface area contributed by atoms with Gasteiger partial charge < -0.3 is 0 Å². The molecule has 0 radical (unpaired) electrons. The van der Waals surface area contributed by atoms with E-state index >= 15 is 0 Å². The van der Waals surface area contributed by atoms with E-state index < -0.39 is 38.4 Å². The Labute approximate surface area is 177 Å². The second kappa shape index (κ2) is 15.4. The molecule has 0 aliphatic heterocycles. The molecule has 7 heteroatoms. The number of hydrogen-bond donors (Lipinski definition) is 0. The van der Waals surface area contributed by atoms with E-state index in [2.05, 4.69) is 13.8 Å². The molecule has 0 unspecified atom stereocenters. The van der Waals surface area contributed by atoms with E-state index in [1.807, 2.05) is 19.8 Å². The number of rotatable bonds is 16. The standard InChI is InChI=1S/2C8H16O2.4CH3.O.2Sn/c2*1-2-3-4-5-6-7-8(9)10;;;;;;;/h2*2-7H2,1H3,(H,9,10);4*1H3;;;/q;;;;;;;2*+1/p-2. The Bertz CT molecular complexity index is 387. The second-order valence-corrected chi connectivity index (χ2v) is 29.8. The second-order valence-electron chi connectivity index (χ2n) is 8.18. The summed E-state index contributed by atoms with van der Waals surface area (Å²) in [5, 5.41) is 0. The molecule has 0 N–H and O–H groups in total. The zero-order valence-corrected chi connectivity index (χ0v) is 24.2. The van der Waals surface area contributed by atoms with Crippen molar-refractivity contribution in [2.24, 2.45) is 0 Å². The SMILES string of the molecule is CCCCCCCC(=O)[O][Sn]([CH3])([CH3])[O][Sn]([CH3])([CH3])[O]C(=O)CCCCCCC. The molecule has 0 rings (SSSR count). The molecule has 0 aromatic rings. The predicted octanol–water partition coefficient (Wildman–Crippen LogP) is 6.21. The van der Waals surface area contributed by atoms with Crippen LogP contribution >= 0.6 is 0 Å². The van der Waals surface area contributed by atoms with E-state index in [1.165, 1.54) is 38.5 Å². The van der Waals surface area contributed by atoms with Crippen LogP contribution in [0.2, 0.25) is 19.8 Å². The van der Waals surface area contributed by atoms with Gasteiger partial charge >= 0.3 is 178 Å². The average Bonchev–Trinajstić information content (AvgIpc) is 2.52. The Kier molecular flexibility index (Phi) is 15.6. The van der Waals surface area contributed by atoms with Crippen LogP contribution in [0, 0.1) is 0 Å². The third-order valence-electron chi connectivity index (χ3n) is 4.18. The molecule has 0 bridgehead atoms. The van der Waals surface area contributed by atoms with Crippen molar-refractivity contribution in [2.45, 2.75) is 111 Å². The van der Waals surface area contributed by atoms with E-state index in [4.69, 9.17) is 7.56 Å². The van der Waals surface area contributed by atoms with E-state index in [9.17, 15) is 9.59 Å². The van der Waals surface area contributed by atoms with Crippen LogP contribution in [0.4, 0.5) is 0 Å². The summed E-state index contributed by atoms with van der Waals surface area (Å²) in [6.07, 6.45) is 12.0. The van der Waals surface area contributed by atoms with Gasteiger partial charge in [0.05, 0.1) is 0 Å². The summed E-state index contributed by atoms with van der Waals surface area (Å²) in [7, 11) is 0. The summed E-state index contributed by atoms with van der Waals surface area (Å²) in [5.74, 6) is -0.312. The third kappa shape index (κ3) is 17.1. The van der Waals surface area contributed by atoms with Crippen molar-refractivity contribution in [3.05, 3.63) is 0 Å². The van der Waals surface area contributed by atoms with Crippen molar-refractivity contribution in [3.63, 3.8) is 0 Å². The summed E-state index contributed by atoms with van der Waals surface area (Å²) >= 11 is -6.86. The number of hydrogen-bond acceptors (Lipinski definition) is 5. The Morgan fingerprint density at radius 3 is 1.26 bits per heavy atom. The molecular formula is C20H42O5Sn2. The summed E-state index contributed by atoms with van der Waals surface area (Å²) in [6, 6.07) is 0. The van der Waals surface area contributed by atoms with Crippen LogP contribution in [0.15, 0.2) is 0 Å².